The molecular formula is C17H17ClN2O6S2. The number of nitrogens with zero attached hydrogens (tertiary/aromatic N) is 2. The number of hydrogen-bond acceptors (Lipinski definition) is 7. The zero-order valence-electron chi connectivity index (χ0n) is 14.5. The second kappa shape index (κ2) is 8.18. The zero-order chi connectivity index (χ0) is 20.4. The predicted octanol–water partition coefficient (Wildman–Crippen LogP) is 2.55. The van der Waals surface area contributed by atoms with E-state index < -0.39 is 32.6 Å². The Bertz CT molecular complexity index is 1080. The third kappa shape index (κ3) is 5.30. The summed E-state index contributed by atoms with van der Waals surface area (Å²) in [7, 11) is -8.42. The molecule has 1 N–H and O–H groups in total. The van der Waals surface area contributed by atoms with Gasteiger partial charge in [0, 0.05) is 18.0 Å². The molecule has 1 heterocycles. The molecule has 0 aliphatic carbocycles. The van der Waals surface area contributed by atoms with Crippen molar-refractivity contribution in [1.29, 1.82) is 0 Å². The Labute approximate surface area is 168 Å². The second-order valence-corrected chi connectivity index (χ2v) is 9.63. The lowest BCUT2D eigenvalue weighted by molar-refractivity contribution is 0.284. The van der Waals surface area contributed by atoms with Crippen molar-refractivity contribution in [2.45, 2.75) is 11.3 Å². The van der Waals surface area contributed by atoms with Crippen LogP contribution in [-0.4, -0.2) is 46.0 Å². The normalized spacial score (nSPS) is 14.9. The Hall–Kier alpha value is -1.98. The molecule has 11 heteroatoms. The summed E-state index contributed by atoms with van der Waals surface area (Å²) in [5.41, 5.74) is 2.62. The minimum Gasteiger partial charge on any atom is -0.265 e. The first-order valence-corrected chi connectivity index (χ1v) is 11.6. The van der Waals surface area contributed by atoms with E-state index in [4.69, 9.17) is 16.2 Å². The highest BCUT2D eigenvalue weighted by atomic mass is 35.5. The Morgan fingerprint density at radius 1 is 1.04 bits per heavy atom. The van der Waals surface area contributed by atoms with E-state index in [0.717, 1.165) is 23.4 Å². The van der Waals surface area contributed by atoms with Crippen molar-refractivity contribution >= 4 is 43.2 Å². The molecule has 1 aliphatic rings. The van der Waals surface area contributed by atoms with Crippen molar-refractivity contribution in [1.82, 2.24) is 0 Å². The molecule has 0 amide bonds. The molecule has 0 unspecified atom stereocenters. The number of anilines is 1. The standard InChI is InChI=1S/C17H17ClN2O6S2/c18-14-3-1-13(2-4-14)17-9-10-20(19-17)15-5-7-16(8-6-15)27(21,22)12-11-26-28(23,24)25/h1-8H,9-12H2,(H,23,24,25). The topological polar surface area (TPSA) is 113 Å². The fourth-order valence-corrected chi connectivity index (χ4v) is 4.30. The average molecular weight is 445 g/mol. The maximum atomic E-state index is 12.2. The number of halogens is 1. The van der Waals surface area contributed by atoms with Crippen LogP contribution < -0.4 is 5.01 Å². The lowest BCUT2D eigenvalue weighted by atomic mass is 10.1. The first kappa shape index (κ1) is 20.7. The predicted molar refractivity (Wildman–Crippen MR) is 106 cm³/mol. The van der Waals surface area contributed by atoms with Crippen LogP contribution in [0.2, 0.25) is 5.02 Å². The minimum absolute atomic E-state index is 0.0243. The molecule has 0 atom stereocenters. The van der Waals surface area contributed by atoms with Gasteiger partial charge in [0.1, 0.15) is 0 Å². The smallest absolute Gasteiger partial charge is 0.265 e. The summed E-state index contributed by atoms with van der Waals surface area (Å²) in [5.74, 6) is -0.575. The molecule has 8 nitrogen and oxygen atoms in total. The first-order chi connectivity index (χ1) is 13.1. The minimum atomic E-state index is -4.67. The summed E-state index contributed by atoms with van der Waals surface area (Å²) in [6, 6.07) is 13.5. The maximum absolute atomic E-state index is 12.2. The van der Waals surface area contributed by atoms with Crippen molar-refractivity contribution in [3.05, 3.63) is 59.1 Å². The molecule has 0 radical (unpaired) electrons. The number of benzene rings is 2. The number of rotatable bonds is 7. The van der Waals surface area contributed by atoms with E-state index in [1.54, 1.807) is 29.3 Å². The van der Waals surface area contributed by atoms with Crippen LogP contribution in [0.25, 0.3) is 0 Å². The van der Waals surface area contributed by atoms with Crippen LogP contribution in [0.3, 0.4) is 0 Å². The number of hydrogen-bond donors (Lipinski definition) is 1. The lowest BCUT2D eigenvalue weighted by Gasteiger charge is -2.14. The van der Waals surface area contributed by atoms with E-state index in [-0.39, 0.29) is 4.90 Å². The fourth-order valence-electron chi connectivity index (χ4n) is 2.68. The van der Waals surface area contributed by atoms with Gasteiger partial charge in [-0.25, -0.2) is 12.6 Å². The molecule has 0 saturated carbocycles. The SMILES string of the molecule is O=S(=O)(O)OCCS(=O)(=O)c1ccc(N2CCC(c3ccc(Cl)cc3)=N2)cc1. The molecule has 3 rings (SSSR count). The van der Waals surface area contributed by atoms with E-state index in [2.05, 4.69) is 9.28 Å². The molecular weight excluding hydrogens is 428 g/mol. The van der Waals surface area contributed by atoms with E-state index in [9.17, 15) is 16.8 Å². The second-order valence-electron chi connectivity index (χ2n) is 5.99. The summed E-state index contributed by atoms with van der Waals surface area (Å²) in [5, 5.41) is 7.00. The van der Waals surface area contributed by atoms with Gasteiger partial charge >= 0.3 is 10.4 Å². The lowest BCUT2D eigenvalue weighted by Crippen LogP contribution is -2.16. The van der Waals surface area contributed by atoms with Crippen molar-refractivity contribution in [3.63, 3.8) is 0 Å². The summed E-state index contributed by atoms with van der Waals surface area (Å²) in [6.07, 6.45) is 0.745. The Kier molecular flexibility index (Phi) is 6.06. The Morgan fingerprint density at radius 3 is 2.29 bits per heavy atom. The van der Waals surface area contributed by atoms with Crippen LogP contribution in [-0.2, 0) is 24.4 Å². The van der Waals surface area contributed by atoms with Gasteiger partial charge in [-0.05, 0) is 42.0 Å². The van der Waals surface area contributed by atoms with Crippen LogP contribution >= 0.6 is 11.6 Å². The summed E-state index contributed by atoms with van der Waals surface area (Å²) in [4.78, 5) is 0.0243. The van der Waals surface area contributed by atoms with Gasteiger partial charge in [-0.2, -0.15) is 13.5 Å². The summed E-state index contributed by atoms with van der Waals surface area (Å²) < 4.78 is 58.0. The molecule has 0 bridgehead atoms. The van der Waals surface area contributed by atoms with E-state index in [0.29, 0.717) is 11.6 Å². The van der Waals surface area contributed by atoms with Gasteiger partial charge in [-0.15, -0.1) is 0 Å². The van der Waals surface area contributed by atoms with Crippen LogP contribution in [0, 0.1) is 0 Å². The molecule has 2 aromatic rings. The Morgan fingerprint density at radius 2 is 1.68 bits per heavy atom. The third-order valence-electron chi connectivity index (χ3n) is 4.06. The van der Waals surface area contributed by atoms with Crippen LogP contribution in [0.15, 0.2) is 58.5 Å². The molecule has 150 valence electrons. The highest BCUT2D eigenvalue weighted by molar-refractivity contribution is 7.91. The summed E-state index contributed by atoms with van der Waals surface area (Å²) in [6.45, 7) is -0.00392. The summed E-state index contributed by atoms with van der Waals surface area (Å²) >= 11 is 5.90. The van der Waals surface area contributed by atoms with E-state index in [1.165, 1.54) is 12.1 Å². The molecule has 1 aliphatic heterocycles. The molecule has 0 spiro atoms. The molecule has 0 saturated heterocycles. The molecule has 0 aromatic heterocycles. The first-order valence-electron chi connectivity index (χ1n) is 8.20. The highest BCUT2D eigenvalue weighted by Crippen LogP contribution is 2.24. The zero-order valence-corrected chi connectivity index (χ0v) is 16.9. The average Bonchev–Trinajstić information content (AvgIpc) is 3.11. The third-order valence-corrected chi connectivity index (χ3v) is 6.47. The van der Waals surface area contributed by atoms with Crippen LogP contribution in [0.5, 0.6) is 0 Å². The molecule has 2 aromatic carbocycles. The van der Waals surface area contributed by atoms with Crippen molar-refractivity contribution < 1.29 is 25.6 Å². The number of sulfone groups is 1. The van der Waals surface area contributed by atoms with Gasteiger partial charge in [0.15, 0.2) is 9.84 Å². The van der Waals surface area contributed by atoms with Crippen LogP contribution in [0.1, 0.15) is 12.0 Å². The molecule has 28 heavy (non-hydrogen) atoms. The van der Waals surface area contributed by atoms with Gasteiger partial charge < -0.3 is 0 Å². The van der Waals surface area contributed by atoms with Crippen molar-refractivity contribution in [2.24, 2.45) is 5.10 Å². The van der Waals surface area contributed by atoms with Gasteiger partial charge in [-0.3, -0.25) is 9.56 Å². The quantitative estimate of drug-likeness (QED) is 0.652. The molecule has 0 fully saturated rings. The van der Waals surface area contributed by atoms with E-state index >= 15 is 0 Å². The van der Waals surface area contributed by atoms with E-state index in [1.807, 2.05) is 12.1 Å². The van der Waals surface area contributed by atoms with Gasteiger partial charge in [0.05, 0.1) is 28.7 Å². The van der Waals surface area contributed by atoms with Crippen LogP contribution in [0.4, 0.5) is 5.69 Å². The Balaban J connectivity index is 1.70. The van der Waals surface area contributed by atoms with Gasteiger partial charge in [-0.1, -0.05) is 23.7 Å². The van der Waals surface area contributed by atoms with Crippen molar-refractivity contribution in [2.75, 3.05) is 23.9 Å². The largest absolute Gasteiger partial charge is 0.397 e. The number of hydrazone groups is 1. The van der Waals surface area contributed by atoms with Gasteiger partial charge in [0.25, 0.3) is 0 Å². The van der Waals surface area contributed by atoms with Gasteiger partial charge in [0.2, 0.25) is 0 Å². The van der Waals surface area contributed by atoms with Crippen molar-refractivity contribution in [3.8, 4) is 0 Å². The maximum Gasteiger partial charge on any atom is 0.397 e. The highest BCUT2D eigenvalue weighted by Gasteiger charge is 2.20. The monoisotopic (exact) mass is 444 g/mol. The fraction of sp³-hybridized carbons (Fsp3) is 0.235.